The van der Waals surface area contributed by atoms with Crippen molar-refractivity contribution in [1.82, 2.24) is 10.2 Å². The predicted molar refractivity (Wildman–Crippen MR) is 78.4 cm³/mol. The first-order valence-corrected chi connectivity index (χ1v) is 7.63. The molecule has 0 heterocycles. The van der Waals surface area contributed by atoms with E-state index in [0.29, 0.717) is 18.1 Å². The van der Waals surface area contributed by atoms with Crippen LogP contribution in [0.2, 0.25) is 0 Å². The standard InChI is InChI=1S/C15H30N2O2/c1-11(2)17(12(3)4)9-8-16-14-7-5-6-13(10-14)15(18)19/h11-14,16H,5-10H2,1-4H3,(H,18,19). The molecular formula is C15H30N2O2. The molecule has 19 heavy (non-hydrogen) atoms. The Morgan fingerprint density at radius 2 is 1.89 bits per heavy atom. The number of rotatable bonds is 7. The van der Waals surface area contributed by atoms with Gasteiger partial charge in [-0.2, -0.15) is 0 Å². The molecule has 0 spiro atoms. The summed E-state index contributed by atoms with van der Waals surface area (Å²) in [5.74, 6) is -0.768. The first-order chi connectivity index (χ1) is 8.91. The second kappa shape index (κ2) is 7.85. The van der Waals surface area contributed by atoms with Crippen LogP contribution in [-0.2, 0) is 4.79 Å². The summed E-state index contributed by atoms with van der Waals surface area (Å²) in [7, 11) is 0. The Labute approximate surface area is 117 Å². The molecule has 2 atom stereocenters. The maximum absolute atomic E-state index is 11.0. The van der Waals surface area contributed by atoms with Crippen LogP contribution in [0.1, 0.15) is 53.4 Å². The van der Waals surface area contributed by atoms with Gasteiger partial charge >= 0.3 is 5.97 Å². The molecule has 0 aromatic rings. The van der Waals surface area contributed by atoms with Gasteiger partial charge in [-0.1, -0.05) is 6.42 Å². The number of carbonyl (C=O) groups is 1. The zero-order valence-electron chi connectivity index (χ0n) is 12.9. The highest BCUT2D eigenvalue weighted by molar-refractivity contribution is 5.70. The third kappa shape index (κ3) is 5.49. The van der Waals surface area contributed by atoms with Crippen molar-refractivity contribution >= 4 is 5.97 Å². The van der Waals surface area contributed by atoms with E-state index in [1.807, 2.05) is 0 Å². The van der Waals surface area contributed by atoms with Crippen molar-refractivity contribution in [2.45, 2.75) is 71.5 Å². The van der Waals surface area contributed by atoms with Gasteiger partial charge < -0.3 is 10.4 Å². The third-order valence-electron chi connectivity index (χ3n) is 4.15. The van der Waals surface area contributed by atoms with Crippen molar-refractivity contribution in [3.05, 3.63) is 0 Å². The molecule has 2 unspecified atom stereocenters. The van der Waals surface area contributed by atoms with Crippen LogP contribution in [0.4, 0.5) is 0 Å². The van der Waals surface area contributed by atoms with Crippen LogP contribution in [0.5, 0.6) is 0 Å². The second-order valence-corrected chi connectivity index (χ2v) is 6.28. The van der Waals surface area contributed by atoms with Crippen LogP contribution in [-0.4, -0.2) is 47.2 Å². The van der Waals surface area contributed by atoms with E-state index in [4.69, 9.17) is 5.11 Å². The molecule has 1 saturated carbocycles. The largest absolute Gasteiger partial charge is 0.481 e. The molecule has 1 fully saturated rings. The van der Waals surface area contributed by atoms with Gasteiger partial charge in [0.05, 0.1) is 5.92 Å². The van der Waals surface area contributed by atoms with Gasteiger partial charge in [-0.25, -0.2) is 0 Å². The molecule has 0 radical (unpaired) electrons. The fourth-order valence-corrected chi connectivity index (χ4v) is 3.11. The molecule has 0 bridgehead atoms. The lowest BCUT2D eigenvalue weighted by molar-refractivity contribution is -0.143. The van der Waals surface area contributed by atoms with Gasteiger partial charge in [0.1, 0.15) is 0 Å². The summed E-state index contributed by atoms with van der Waals surface area (Å²) < 4.78 is 0. The summed E-state index contributed by atoms with van der Waals surface area (Å²) in [5, 5.41) is 12.6. The minimum Gasteiger partial charge on any atom is -0.481 e. The fourth-order valence-electron chi connectivity index (χ4n) is 3.11. The summed E-state index contributed by atoms with van der Waals surface area (Å²) >= 11 is 0. The lowest BCUT2D eigenvalue weighted by atomic mass is 9.86. The lowest BCUT2D eigenvalue weighted by Crippen LogP contribution is -2.44. The predicted octanol–water partition coefficient (Wildman–Crippen LogP) is 2.34. The molecule has 1 aliphatic rings. The average Bonchev–Trinajstić information content (AvgIpc) is 2.34. The van der Waals surface area contributed by atoms with E-state index in [9.17, 15) is 4.79 Å². The van der Waals surface area contributed by atoms with Crippen molar-refractivity contribution in [1.29, 1.82) is 0 Å². The summed E-state index contributed by atoms with van der Waals surface area (Å²) in [5.41, 5.74) is 0. The topological polar surface area (TPSA) is 52.6 Å². The van der Waals surface area contributed by atoms with Crippen LogP contribution in [0, 0.1) is 5.92 Å². The van der Waals surface area contributed by atoms with Crippen molar-refractivity contribution in [2.24, 2.45) is 5.92 Å². The van der Waals surface area contributed by atoms with Crippen molar-refractivity contribution in [2.75, 3.05) is 13.1 Å². The molecule has 4 heteroatoms. The highest BCUT2D eigenvalue weighted by Crippen LogP contribution is 2.24. The molecule has 0 amide bonds. The van der Waals surface area contributed by atoms with Gasteiger partial charge in [0.25, 0.3) is 0 Å². The lowest BCUT2D eigenvalue weighted by Gasteiger charge is -2.32. The van der Waals surface area contributed by atoms with E-state index < -0.39 is 5.97 Å². The Kier molecular flexibility index (Phi) is 6.80. The van der Waals surface area contributed by atoms with Gasteiger partial charge in [-0.05, 0) is 47.0 Å². The maximum Gasteiger partial charge on any atom is 0.306 e. The highest BCUT2D eigenvalue weighted by atomic mass is 16.4. The average molecular weight is 270 g/mol. The van der Waals surface area contributed by atoms with E-state index in [1.165, 1.54) is 0 Å². The molecule has 0 aromatic heterocycles. The summed E-state index contributed by atoms with van der Waals surface area (Å²) in [6.45, 7) is 10.9. The Morgan fingerprint density at radius 3 is 2.42 bits per heavy atom. The number of hydrogen-bond acceptors (Lipinski definition) is 3. The van der Waals surface area contributed by atoms with Crippen molar-refractivity contribution < 1.29 is 9.90 Å². The molecule has 2 N–H and O–H groups in total. The molecule has 0 saturated heterocycles. The molecule has 112 valence electrons. The second-order valence-electron chi connectivity index (χ2n) is 6.28. The van der Waals surface area contributed by atoms with Gasteiger partial charge in [-0.3, -0.25) is 9.69 Å². The van der Waals surface area contributed by atoms with Crippen LogP contribution in [0.15, 0.2) is 0 Å². The monoisotopic (exact) mass is 270 g/mol. The van der Waals surface area contributed by atoms with Gasteiger partial charge in [0.15, 0.2) is 0 Å². The number of hydrogen-bond donors (Lipinski definition) is 2. The minimum atomic E-state index is -0.627. The molecule has 1 aliphatic carbocycles. The SMILES string of the molecule is CC(C)N(CCNC1CCCC(C(=O)O)C1)C(C)C. The van der Waals surface area contributed by atoms with Crippen LogP contribution < -0.4 is 5.32 Å². The number of carboxylic acid groups (broad SMARTS) is 1. The van der Waals surface area contributed by atoms with Crippen molar-refractivity contribution in [3.8, 4) is 0 Å². The van der Waals surface area contributed by atoms with Crippen LogP contribution >= 0.6 is 0 Å². The Hall–Kier alpha value is -0.610. The highest BCUT2D eigenvalue weighted by Gasteiger charge is 2.26. The first-order valence-electron chi connectivity index (χ1n) is 7.63. The van der Waals surface area contributed by atoms with Crippen molar-refractivity contribution in [3.63, 3.8) is 0 Å². The van der Waals surface area contributed by atoms with Crippen LogP contribution in [0.3, 0.4) is 0 Å². The molecule has 1 rings (SSSR count). The summed E-state index contributed by atoms with van der Waals surface area (Å²) in [6, 6.07) is 1.50. The van der Waals surface area contributed by atoms with E-state index in [2.05, 4.69) is 37.9 Å². The fraction of sp³-hybridized carbons (Fsp3) is 0.933. The Bertz CT molecular complexity index is 271. The number of aliphatic carboxylic acids is 1. The number of nitrogens with one attached hydrogen (secondary N) is 1. The van der Waals surface area contributed by atoms with Gasteiger partial charge in [0, 0.05) is 31.2 Å². The first kappa shape index (κ1) is 16.4. The number of nitrogens with zero attached hydrogens (tertiary/aromatic N) is 1. The van der Waals surface area contributed by atoms with E-state index in [0.717, 1.165) is 38.8 Å². The molecule has 4 nitrogen and oxygen atoms in total. The zero-order valence-corrected chi connectivity index (χ0v) is 12.9. The normalized spacial score (nSPS) is 24.4. The number of carboxylic acids is 1. The molecule has 0 aliphatic heterocycles. The summed E-state index contributed by atoms with van der Waals surface area (Å²) in [4.78, 5) is 13.5. The van der Waals surface area contributed by atoms with E-state index in [1.54, 1.807) is 0 Å². The Morgan fingerprint density at radius 1 is 1.26 bits per heavy atom. The summed E-state index contributed by atoms with van der Waals surface area (Å²) in [6.07, 6.45) is 3.79. The van der Waals surface area contributed by atoms with E-state index in [-0.39, 0.29) is 5.92 Å². The van der Waals surface area contributed by atoms with E-state index >= 15 is 0 Å². The van der Waals surface area contributed by atoms with Gasteiger partial charge in [-0.15, -0.1) is 0 Å². The van der Waals surface area contributed by atoms with Gasteiger partial charge in [0.2, 0.25) is 0 Å². The minimum absolute atomic E-state index is 0.141. The zero-order chi connectivity index (χ0) is 14.4. The third-order valence-corrected chi connectivity index (χ3v) is 4.15. The molecule has 0 aromatic carbocycles. The Balaban J connectivity index is 2.30. The van der Waals surface area contributed by atoms with Crippen LogP contribution in [0.25, 0.3) is 0 Å². The quantitative estimate of drug-likeness (QED) is 0.745. The maximum atomic E-state index is 11.0. The smallest absolute Gasteiger partial charge is 0.306 e. The molecular weight excluding hydrogens is 240 g/mol.